The minimum atomic E-state index is -0.329. The number of hydrogen-bond donors (Lipinski definition) is 0. The zero-order valence-corrected chi connectivity index (χ0v) is 6.91. The molecule has 0 saturated heterocycles. The monoisotopic (exact) mass is 162 g/mol. The Kier molecular flexibility index (Phi) is 2.86. The molecule has 0 aliphatic carbocycles. The summed E-state index contributed by atoms with van der Waals surface area (Å²) in [6, 6.07) is 6.72. The van der Waals surface area contributed by atoms with E-state index in [0.717, 1.165) is 0 Å². The highest BCUT2D eigenvalue weighted by molar-refractivity contribution is 5.89. The summed E-state index contributed by atoms with van der Waals surface area (Å²) in [5, 5.41) is 0. The van der Waals surface area contributed by atoms with Crippen LogP contribution < -0.4 is 0 Å². The van der Waals surface area contributed by atoms with E-state index in [1.807, 2.05) is 0 Å². The van der Waals surface area contributed by atoms with E-state index in [1.54, 1.807) is 31.2 Å². The second kappa shape index (κ2) is 3.90. The van der Waals surface area contributed by atoms with Crippen LogP contribution >= 0.6 is 0 Å². The average Bonchev–Trinajstić information content (AvgIpc) is 2.05. The van der Waals surface area contributed by atoms with Gasteiger partial charge in [-0.1, -0.05) is 12.1 Å². The van der Waals surface area contributed by atoms with Crippen LogP contribution in [0.2, 0.25) is 0 Å². The van der Waals surface area contributed by atoms with Crippen molar-refractivity contribution in [2.45, 2.75) is 6.92 Å². The first-order valence-corrected chi connectivity index (χ1v) is 3.76. The van der Waals surface area contributed by atoms with Crippen molar-refractivity contribution in [1.82, 2.24) is 0 Å². The van der Waals surface area contributed by atoms with Gasteiger partial charge in [0.1, 0.15) is 0 Å². The maximum atomic E-state index is 11.1. The van der Waals surface area contributed by atoms with Crippen LogP contribution in [-0.2, 0) is 4.74 Å². The van der Waals surface area contributed by atoms with Crippen LogP contribution in [0.1, 0.15) is 22.8 Å². The summed E-state index contributed by atoms with van der Waals surface area (Å²) in [7, 11) is 0. The molecule has 12 heavy (non-hydrogen) atoms. The molecule has 2 radical (unpaired) electrons. The molecule has 0 fully saturated rings. The molecule has 0 heterocycles. The van der Waals surface area contributed by atoms with Crippen molar-refractivity contribution in [3.63, 3.8) is 0 Å². The number of ether oxygens (including phenoxy) is 1. The van der Waals surface area contributed by atoms with Crippen LogP contribution in [0, 0.1) is 6.92 Å². The van der Waals surface area contributed by atoms with Gasteiger partial charge in [0.25, 0.3) is 0 Å². The summed E-state index contributed by atoms with van der Waals surface area (Å²) >= 11 is 0. The van der Waals surface area contributed by atoms with Crippen molar-refractivity contribution >= 4 is 5.97 Å². The van der Waals surface area contributed by atoms with Crippen LogP contribution in [-0.4, -0.2) is 12.6 Å². The van der Waals surface area contributed by atoms with Crippen molar-refractivity contribution < 1.29 is 9.53 Å². The predicted molar refractivity (Wildman–Crippen MR) is 45.8 cm³/mol. The number of rotatable bonds is 2. The van der Waals surface area contributed by atoms with E-state index >= 15 is 0 Å². The molecule has 0 spiro atoms. The quantitative estimate of drug-likeness (QED) is 0.621. The minimum absolute atomic E-state index is 0.329. The molecular formula is C10H10O2. The third kappa shape index (κ3) is 2.09. The van der Waals surface area contributed by atoms with E-state index in [4.69, 9.17) is 11.7 Å². The second-order valence-electron chi connectivity index (χ2n) is 2.35. The standard InChI is InChI=1S/C10H10O2/c1-3-12-10(11)9-6-4-5-8(2)7-9/h2,4-7H,3H2,1H3. The molecule has 2 nitrogen and oxygen atoms in total. The zero-order valence-electron chi connectivity index (χ0n) is 6.91. The molecule has 0 atom stereocenters. The number of carbonyl (C=O) groups excluding carboxylic acids is 1. The van der Waals surface area contributed by atoms with Gasteiger partial charge >= 0.3 is 5.97 Å². The van der Waals surface area contributed by atoms with Gasteiger partial charge in [-0.2, -0.15) is 0 Å². The van der Waals surface area contributed by atoms with E-state index in [-0.39, 0.29) is 5.97 Å². The van der Waals surface area contributed by atoms with Gasteiger partial charge in [0.15, 0.2) is 0 Å². The highest BCUT2D eigenvalue weighted by Gasteiger charge is 2.04. The maximum Gasteiger partial charge on any atom is 0.338 e. The van der Waals surface area contributed by atoms with Crippen molar-refractivity contribution in [3.05, 3.63) is 42.3 Å². The normalized spacial score (nSPS) is 9.50. The van der Waals surface area contributed by atoms with Crippen molar-refractivity contribution in [2.24, 2.45) is 0 Å². The number of esters is 1. The minimum Gasteiger partial charge on any atom is -0.462 e. The van der Waals surface area contributed by atoms with Crippen LogP contribution in [0.15, 0.2) is 24.3 Å². The Morgan fingerprint density at radius 3 is 2.92 bits per heavy atom. The Morgan fingerprint density at radius 1 is 1.58 bits per heavy atom. The molecule has 0 N–H and O–H groups in total. The van der Waals surface area contributed by atoms with Gasteiger partial charge in [-0.15, -0.1) is 0 Å². The Balaban J connectivity index is 2.81. The third-order valence-electron chi connectivity index (χ3n) is 1.40. The van der Waals surface area contributed by atoms with E-state index in [9.17, 15) is 4.79 Å². The largest absolute Gasteiger partial charge is 0.462 e. The van der Waals surface area contributed by atoms with Gasteiger partial charge in [-0.05, 0) is 31.5 Å². The molecule has 1 rings (SSSR count). The van der Waals surface area contributed by atoms with E-state index in [0.29, 0.717) is 17.7 Å². The van der Waals surface area contributed by atoms with E-state index in [1.165, 1.54) is 0 Å². The van der Waals surface area contributed by atoms with Crippen LogP contribution in [0.4, 0.5) is 0 Å². The Morgan fingerprint density at radius 2 is 2.33 bits per heavy atom. The molecule has 0 aliphatic rings. The summed E-state index contributed by atoms with van der Waals surface area (Å²) in [6.07, 6.45) is 0. The highest BCUT2D eigenvalue weighted by atomic mass is 16.5. The smallest absolute Gasteiger partial charge is 0.338 e. The maximum absolute atomic E-state index is 11.1. The molecule has 1 aromatic carbocycles. The average molecular weight is 162 g/mol. The van der Waals surface area contributed by atoms with E-state index < -0.39 is 0 Å². The lowest BCUT2D eigenvalue weighted by Crippen LogP contribution is -2.04. The van der Waals surface area contributed by atoms with Crippen molar-refractivity contribution in [1.29, 1.82) is 0 Å². The Labute approximate surface area is 72.2 Å². The Hall–Kier alpha value is -1.31. The second-order valence-corrected chi connectivity index (χ2v) is 2.35. The fourth-order valence-corrected chi connectivity index (χ4v) is 0.880. The van der Waals surface area contributed by atoms with Crippen LogP contribution in [0.3, 0.4) is 0 Å². The number of hydrogen-bond acceptors (Lipinski definition) is 2. The van der Waals surface area contributed by atoms with Crippen LogP contribution in [0.25, 0.3) is 0 Å². The first-order valence-electron chi connectivity index (χ1n) is 3.76. The fraction of sp³-hybridized carbons (Fsp3) is 0.200. The van der Waals surface area contributed by atoms with Crippen molar-refractivity contribution in [3.8, 4) is 0 Å². The molecule has 2 heteroatoms. The fourth-order valence-electron chi connectivity index (χ4n) is 0.880. The number of carbonyl (C=O) groups is 1. The first-order chi connectivity index (χ1) is 5.74. The predicted octanol–water partition coefficient (Wildman–Crippen LogP) is 1.92. The molecule has 62 valence electrons. The molecular weight excluding hydrogens is 152 g/mol. The zero-order chi connectivity index (χ0) is 8.97. The highest BCUT2D eigenvalue weighted by Crippen LogP contribution is 2.05. The molecule has 0 aliphatic heterocycles. The van der Waals surface area contributed by atoms with Gasteiger partial charge < -0.3 is 4.74 Å². The summed E-state index contributed by atoms with van der Waals surface area (Å²) in [5.41, 5.74) is 1.07. The van der Waals surface area contributed by atoms with Gasteiger partial charge in [-0.3, -0.25) is 0 Å². The molecule has 0 unspecified atom stereocenters. The lowest BCUT2D eigenvalue weighted by Gasteiger charge is -2.01. The number of benzene rings is 1. The molecule has 0 saturated carbocycles. The summed E-state index contributed by atoms with van der Waals surface area (Å²) in [6.45, 7) is 7.64. The summed E-state index contributed by atoms with van der Waals surface area (Å²) in [4.78, 5) is 11.1. The van der Waals surface area contributed by atoms with Gasteiger partial charge in [-0.25, -0.2) is 4.79 Å². The molecule has 0 amide bonds. The lowest BCUT2D eigenvalue weighted by molar-refractivity contribution is 0.0526. The Bertz CT molecular complexity index is 279. The van der Waals surface area contributed by atoms with Gasteiger partial charge in [0, 0.05) is 0 Å². The summed E-state index contributed by atoms with van der Waals surface area (Å²) in [5.74, 6) is -0.329. The van der Waals surface area contributed by atoms with Crippen LogP contribution in [0.5, 0.6) is 0 Å². The van der Waals surface area contributed by atoms with Crippen molar-refractivity contribution in [2.75, 3.05) is 6.61 Å². The third-order valence-corrected chi connectivity index (χ3v) is 1.40. The molecule has 0 aromatic heterocycles. The van der Waals surface area contributed by atoms with Gasteiger partial charge in [0.2, 0.25) is 0 Å². The lowest BCUT2D eigenvalue weighted by atomic mass is 10.1. The molecule has 0 bridgehead atoms. The van der Waals surface area contributed by atoms with Gasteiger partial charge in [0.05, 0.1) is 12.2 Å². The topological polar surface area (TPSA) is 26.3 Å². The summed E-state index contributed by atoms with van der Waals surface area (Å²) < 4.78 is 4.79. The SMILES string of the molecule is [CH]c1cccc(C(=O)OCC)c1. The molecule has 1 aromatic rings. The van der Waals surface area contributed by atoms with E-state index in [2.05, 4.69) is 0 Å². The first kappa shape index (κ1) is 8.78.